The highest BCUT2D eigenvalue weighted by atomic mass is 19.4. The summed E-state index contributed by atoms with van der Waals surface area (Å²) in [4.78, 5) is 11.8. The Bertz CT molecular complexity index is 1290. The first-order valence-electron chi connectivity index (χ1n) is 8.46. The van der Waals surface area contributed by atoms with E-state index >= 15 is 0 Å². The lowest BCUT2D eigenvalue weighted by Crippen LogP contribution is -2.14. The molecule has 0 N–H and O–H groups in total. The highest BCUT2D eigenvalue weighted by Gasteiger charge is 2.37. The molecule has 1 aromatic carbocycles. The van der Waals surface area contributed by atoms with Gasteiger partial charge in [0.2, 0.25) is 5.88 Å². The van der Waals surface area contributed by atoms with Crippen LogP contribution in [-0.2, 0) is 13.2 Å². The molecule has 3 aromatic heterocycles. The average Bonchev–Trinajstić information content (AvgIpc) is 3.02. The Morgan fingerprint density at radius 3 is 2.50 bits per heavy atom. The monoisotopic (exact) mass is 387 g/mol. The Morgan fingerprint density at radius 1 is 1.07 bits per heavy atom. The van der Waals surface area contributed by atoms with Gasteiger partial charge < -0.3 is 9.30 Å². The van der Waals surface area contributed by atoms with E-state index in [-0.39, 0.29) is 17.0 Å². The molecule has 0 aliphatic rings. The van der Waals surface area contributed by atoms with Crippen LogP contribution in [0.4, 0.5) is 13.2 Å². The number of rotatable bonds is 2. The van der Waals surface area contributed by atoms with Crippen LogP contribution in [0.2, 0.25) is 0 Å². The fourth-order valence-electron chi connectivity index (χ4n) is 3.49. The summed E-state index contributed by atoms with van der Waals surface area (Å²) in [6.07, 6.45) is -4.57. The van der Waals surface area contributed by atoms with Crippen molar-refractivity contribution in [2.45, 2.75) is 13.1 Å². The van der Waals surface area contributed by atoms with Crippen molar-refractivity contribution in [2.75, 3.05) is 7.11 Å². The maximum absolute atomic E-state index is 13.4. The van der Waals surface area contributed by atoms with Gasteiger partial charge in [-0.1, -0.05) is 6.07 Å². The third-order valence-corrected chi connectivity index (χ3v) is 4.89. The molecule has 3 heterocycles. The summed E-state index contributed by atoms with van der Waals surface area (Å²) >= 11 is 0. The third kappa shape index (κ3) is 2.64. The van der Waals surface area contributed by atoms with Crippen LogP contribution >= 0.6 is 0 Å². The molecule has 28 heavy (non-hydrogen) atoms. The first-order chi connectivity index (χ1) is 13.2. The smallest absolute Gasteiger partial charge is 0.435 e. The SMILES string of the molecule is COc1ccc(-c2ccc3c(ccc(=O)n3C)c2)c2c(C)c(C(F)(F)F)nn12. The molecule has 4 rings (SSSR count). The van der Waals surface area contributed by atoms with E-state index in [1.165, 1.54) is 29.2 Å². The molecule has 0 saturated carbocycles. The number of hydrogen-bond donors (Lipinski definition) is 0. The van der Waals surface area contributed by atoms with Gasteiger partial charge in [0.05, 0.1) is 18.1 Å². The molecule has 0 saturated heterocycles. The van der Waals surface area contributed by atoms with Crippen LogP contribution in [0.3, 0.4) is 0 Å². The molecule has 0 aliphatic heterocycles. The van der Waals surface area contributed by atoms with Gasteiger partial charge in [-0.25, -0.2) is 0 Å². The van der Waals surface area contributed by atoms with Crippen LogP contribution in [0.15, 0.2) is 47.3 Å². The van der Waals surface area contributed by atoms with E-state index in [9.17, 15) is 18.0 Å². The molecule has 0 bridgehead atoms. The number of fused-ring (bicyclic) bond motifs is 2. The van der Waals surface area contributed by atoms with E-state index in [0.717, 1.165) is 16.5 Å². The van der Waals surface area contributed by atoms with Crippen molar-refractivity contribution < 1.29 is 17.9 Å². The minimum Gasteiger partial charge on any atom is -0.481 e. The lowest BCUT2D eigenvalue weighted by Gasteiger charge is -2.11. The van der Waals surface area contributed by atoms with Crippen LogP contribution in [0.25, 0.3) is 27.5 Å². The topological polar surface area (TPSA) is 48.5 Å². The Balaban J connectivity index is 2.04. The number of alkyl halides is 3. The van der Waals surface area contributed by atoms with Crippen LogP contribution in [-0.4, -0.2) is 21.3 Å². The van der Waals surface area contributed by atoms with Gasteiger partial charge in [0, 0.05) is 30.3 Å². The quantitative estimate of drug-likeness (QED) is 0.518. The van der Waals surface area contributed by atoms with Crippen molar-refractivity contribution in [1.29, 1.82) is 0 Å². The second-order valence-electron chi connectivity index (χ2n) is 6.53. The van der Waals surface area contributed by atoms with Gasteiger partial charge in [-0.15, -0.1) is 0 Å². The molecule has 0 atom stereocenters. The third-order valence-electron chi connectivity index (χ3n) is 4.89. The lowest BCUT2D eigenvalue weighted by atomic mass is 10.0. The molecule has 0 spiro atoms. The van der Waals surface area contributed by atoms with E-state index in [1.807, 2.05) is 6.07 Å². The molecule has 0 amide bonds. The molecule has 5 nitrogen and oxygen atoms in total. The number of ether oxygens (including phenoxy) is 1. The van der Waals surface area contributed by atoms with Crippen molar-refractivity contribution in [3.63, 3.8) is 0 Å². The number of aryl methyl sites for hydroxylation is 2. The van der Waals surface area contributed by atoms with E-state index in [1.54, 1.807) is 37.4 Å². The summed E-state index contributed by atoms with van der Waals surface area (Å²) in [6.45, 7) is 1.40. The van der Waals surface area contributed by atoms with Crippen LogP contribution in [0.5, 0.6) is 5.88 Å². The van der Waals surface area contributed by atoms with E-state index in [4.69, 9.17) is 4.74 Å². The number of pyridine rings is 2. The zero-order chi connectivity index (χ0) is 20.2. The van der Waals surface area contributed by atoms with Crippen molar-refractivity contribution in [3.05, 3.63) is 64.1 Å². The van der Waals surface area contributed by atoms with Crippen LogP contribution in [0, 0.1) is 6.92 Å². The highest BCUT2D eigenvalue weighted by molar-refractivity contribution is 5.90. The van der Waals surface area contributed by atoms with Gasteiger partial charge in [-0.2, -0.15) is 22.8 Å². The molecule has 8 heteroatoms. The van der Waals surface area contributed by atoms with Crippen molar-refractivity contribution in [2.24, 2.45) is 7.05 Å². The predicted octanol–water partition coefficient (Wildman–Crippen LogP) is 4.19. The van der Waals surface area contributed by atoms with E-state index in [0.29, 0.717) is 11.1 Å². The number of halogens is 3. The average molecular weight is 387 g/mol. The molecular weight excluding hydrogens is 371 g/mol. The molecule has 144 valence electrons. The van der Waals surface area contributed by atoms with Gasteiger partial charge in [0.1, 0.15) is 0 Å². The largest absolute Gasteiger partial charge is 0.481 e. The van der Waals surface area contributed by atoms with Gasteiger partial charge in [-0.3, -0.25) is 4.79 Å². The van der Waals surface area contributed by atoms with Crippen LogP contribution in [0.1, 0.15) is 11.3 Å². The molecule has 0 fully saturated rings. The molecule has 0 unspecified atom stereocenters. The predicted molar refractivity (Wildman–Crippen MR) is 99.7 cm³/mol. The first kappa shape index (κ1) is 18.1. The van der Waals surface area contributed by atoms with Gasteiger partial charge >= 0.3 is 6.18 Å². The summed E-state index contributed by atoms with van der Waals surface area (Å²) in [7, 11) is 3.06. The van der Waals surface area contributed by atoms with Gasteiger partial charge in [-0.05, 0) is 42.1 Å². The summed E-state index contributed by atoms with van der Waals surface area (Å²) in [5.74, 6) is 0.209. The minimum absolute atomic E-state index is 0.0296. The standard InChI is InChI=1S/C20H16F3N3O2/c1-11-18-14(6-9-17(28-3)26(18)24-19(11)20(21,22)23)12-4-7-15-13(10-12)5-8-16(27)25(15)2/h4-10H,1-3H3. The first-order valence-corrected chi connectivity index (χ1v) is 8.46. The van der Waals surface area contributed by atoms with E-state index in [2.05, 4.69) is 5.10 Å². The number of benzene rings is 1. The zero-order valence-corrected chi connectivity index (χ0v) is 15.3. The maximum atomic E-state index is 13.4. The summed E-state index contributed by atoms with van der Waals surface area (Å²) < 4.78 is 48.1. The second-order valence-corrected chi connectivity index (χ2v) is 6.53. The fraction of sp³-hybridized carbons (Fsp3) is 0.200. The summed E-state index contributed by atoms with van der Waals surface area (Å²) in [6, 6.07) is 11.9. The fourth-order valence-corrected chi connectivity index (χ4v) is 3.49. The molecule has 0 aliphatic carbocycles. The highest BCUT2D eigenvalue weighted by Crippen LogP contribution is 2.38. The summed E-state index contributed by atoms with van der Waals surface area (Å²) in [5, 5.41) is 4.56. The second kappa shape index (κ2) is 6.12. The number of nitrogens with zero attached hydrogens (tertiary/aromatic N) is 3. The van der Waals surface area contributed by atoms with Gasteiger partial charge in [0.25, 0.3) is 5.56 Å². The molecule has 4 aromatic rings. The molecular formula is C20H16F3N3O2. The maximum Gasteiger partial charge on any atom is 0.435 e. The van der Waals surface area contributed by atoms with Crippen molar-refractivity contribution in [1.82, 2.24) is 14.2 Å². The van der Waals surface area contributed by atoms with E-state index < -0.39 is 11.9 Å². The Hall–Kier alpha value is -3.29. The normalized spacial score (nSPS) is 12.1. The minimum atomic E-state index is -4.57. The zero-order valence-electron chi connectivity index (χ0n) is 15.3. The summed E-state index contributed by atoms with van der Waals surface area (Å²) in [5.41, 5.74) is 1.34. The van der Waals surface area contributed by atoms with Crippen LogP contribution < -0.4 is 10.3 Å². The number of hydrogen-bond acceptors (Lipinski definition) is 3. The number of aromatic nitrogens is 3. The van der Waals surface area contributed by atoms with Crippen molar-refractivity contribution in [3.8, 4) is 17.0 Å². The number of methoxy groups -OCH3 is 1. The Labute approximate surface area is 157 Å². The Morgan fingerprint density at radius 2 is 1.82 bits per heavy atom. The lowest BCUT2D eigenvalue weighted by molar-refractivity contribution is -0.141. The van der Waals surface area contributed by atoms with Crippen molar-refractivity contribution >= 4 is 16.4 Å². The van der Waals surface area contributed by atoms with Gasteiger partial charge in [0.15, 0.2) is 5.69 Å². The molecule has 0 radical (unpaired) electrons. The Kier molecular flexibility index (Phi) is 3.95.